The summed E-state index contributed by atoms with van der Waals surface area (Å²) >= 11 is 0. The summed E-state index contributed by atoms with van der Waals surface area (Å²) < 4.78 is 5.50. The Morgan fingerprint density at radius 3 is 3.12 bits per heavy atom. The summed E-state index contributed by atoms with van der Waals surface area (Å²) in [6, 6.07) is 7.43. The van der Waals surface area contributed by atoms with Gasteiger partial charge in [-0.2, -0.15) is 0 Å². The second-order valence-electron chi connectivity index (χ2n) is 6.42. The molecule has 1 atom stereocenters. The molecule has 0 spiro atoms. The Kier molecular flexibility index (Phi) is 7.12. The van der Waals surface area contributed by atoms with Crippen molar-refractivity contribution >= 4 is 11.7 Å². The number of carbonyl (C=O) groups excluding carboxylic acids is 1. The van der Waals surface area contributed by atoms with Crippen molar-refractivity contribution in [1.82, 2.24) is 9.80 Å². The predicted octanol–water partition coefficient (Wildman–Crippen LogP) is 3.45. The number of urea groups is 1. The Morgan fingerprint density at radius 2 is 2.38 bits per heavy atom. The molecule has 0 bridgehead atoms. The average molecular weight is 331 g/mol. The molecule has 1 fully saturated rings. The fourth-order valence-electron chi connectivity index (χ4n) is 3.10. The quantitative estimate of drug-likeness (QED) is 0.742. The highest BCUT2D eigenvalue weighted by atomic mass is 16.5. The van der Waals surface area contributed by atoms with E-state index in [9.17, 15) is 4.79 Å². The smallest absolute Gasteiger partial charge is 0.321 e. The first kappa shape index (κ1) is 18.3. The van der Waals surface area contributed by atoms with E-state index in [0.717, 1.165) is 50.5 Å². The Bertz CT molecular complexity index is 547. The van der Waals surface area contributed by atoms with E-state index in [1.807, 2.05) is 29.2 Å². The van der Waals surface area contributed by atoms with Crippen LogP contribution in [0.5, 0.6) is 5.75 Å². The number of hydrogen-bond donors (Lipinski definition) is 1. The maximum absolute atomic E-state index is 12.4. The van der Waals surface area contributed by atoms with Gasteiger partial charge in [-0.1, -0.05) is 25.6 Å². The van der Waals surface area contributed by atoms with Crippen molar-refractivity contribution in [2.75, 3.05) is 45.2 Å². The second kappa shape index (κ2) is 9.33. The molecular formula is C19H29N3O2. The fourth-order valence-corrected chi connectivity index (χ4v) is 3.10. The van der Waals surface area contributed by atoms with Gasteiger partial charge >= 0.3 is 6.03 Å². The number of nitrogens with zero attached hydrogens (tertiary/aromatic N) is 2. The molecule has 1 heterocycles. The van der Waals surface area contributed by atoms with E-state index in [0.29, 0.717) is 12.5 Å². The lowest BCUT2D eigenvalue weighted by atomic mass is 10.1. The first-order valence-corrected chi connectivity index (χ1v) is 8.70. The molecule has 1 aliphatic heterocycles. The molecule has 5 nitrogen and oxygen atoms in total. The minimum Gasteiger partial charge on any atom is -0.489 e. The van der Waals surface area contributed by atoms with Gasteiger partial charge in [0.2, 0.25) is 0 Å². The largest absolute Gasteiger partial charge is 0.489 e. The van der Waals surface area contributed by atoms with Gasteiger partial charge in [0, 0.05) is 31.4 Å². The van der Waals surface area contributed by atoms with E-state index in [4.69, 9.17) is 4.74 Å². The van der Waals surface area contributed by atoms with Crippen LogP contribution in [0.15, 0.2) is 36.9 Å². The van der Waals surface area contributed by atoms with Gasteiger partial charge in [-0.05, 0) is 44.5 Å². The first-order chi connectivity index (χ1) is 11.6. The lowest BCUT2D eigenvalue weighted by Gasteiger charge is -2.21. The monoisotopic (exact) mass is 331 g/mol. The van der Waals surface area contributed by atoms with Gasteiger partial charge in [0.25, 0.3) is 0 Å². The highest BCUT2D eigenvalue weighted by Gasteiger charge is 2.26. The van der Waals surface area contributed by atoms with Gasteiger partial charge in [0.1, 0.15) is 12.4 Å². The van der Waals surface area contributed by atoms with Gasteiger partial charge in [-0.15, -0.1) is 0 Å². The molecule has 0 saturated carbocycles. The predicted molar refractivity (Wildman–Crippen MR) is 98.6 cm³/mol. The zero-order chi connectivity index (χ0) is 17.4. The third kappa shape index (κ3) is 5.57. The van der Waals surface area contributed by atoms with Crippen molar-refractivity contribution in [1.29, 1.82) is 0 Å². The minimum absolute atomic E-state index is 0.0310. The van der Waals surface area contributed by atoms with Gasteiger partial charge in [0.15, 0.2) is 0 Å². The highest BCUT2D eigenvalue weighted by molar-refractivity contribution is 5.89. The number of hydrogen-bond acceptors (Lipinski definition) is 3. The Labute approximate surface area is 145 Å². The van der Waals surface area contributed by atoms with E-state index in [1.165, 1.54) is 0 Å². The zero-order valence-corrected chi connectivity index (χ0v) is 14.8. The van der Waals surface area contributed by atoms with Crippen molar-refractivity contribution in [2.45, 2.75) is 19.8 Å². The number of likely N-dealkylation sites (tertiary alicyclic amines) is 1. The number of nitrogens with one attached hydrogen (secondary N) is 1. The van der Waals surface area contributed by atoms with E-state index in [1.54, 1.807) is 6.08 Å². The molecule has 0 unspecified atom stereocenters. The lowest BCUT2D eigenvalue weighted by Crippen LogP contribution is -2.34. The van der Waals surface area contributed by atoms with Gasteiger partial charge in [-0.25, -0.2) is 4.79 Å². The van der Waals surface area contributed by atoms with Crippen molar-refractivity contribution < 1.29 is 9.53 Å². The maximum Gasteiger partial charge on any atom is 0.321 e. The molecule has 24 heavy (non-hydrogen) atoms. The molecule has 2 amide bonds. The van der Waals surface area contributed by atoms with Gasteiger partial charge in [-0.3, -0.25) is 0 Å². The number of rotatable bonds is 8. The van der Waals surface area contributed by atoms with Crippen LogP contribution >= 0.6 is 0 Å². The summed E-state index contributed by atoms with van der Waals surface area (Å²) in [5, 5.41) is 2.97. The number of carbonyl (C=O) groups is 1. The van der Waals surface area contributed by atoms with Crippen LogP contribution in [0, 0.1) is 5.92 Å². The summed E-state index contributed by atoms with van der Waals surface area (Å²) in [4.78, 5) is 16.7. The van der Waals surface area contributed by atoms with Crippen molar-refractivity contribution in [2.24, 2.45) is 5.92 Å². The van der Waals surface area contributed by atoms with Crippen LogP contribution < -0.4 is 10.1 Å². The zero-order valence-electron chi connectivity index (χ0n) is 14.8. The van der Waals surface area contributed by atoms with E-state index >= 15 is 0 Å². The molecule has 5 heteroatoms. The number of amides is 2. The molecule has 1 N–H and O–H groups in total. The number of ether oxygens (including phenoxy) is 1. The van der Waals surface area contributed by atoms with Gasteiger partial charge in [0.05, 0.1) is 0 Å². The molecule has 1 saturated heterocycles. The fraction of sp³-hybridized carbons (Fsp3) is 0.526. The first-order valence-electron chi connectivity index (χ1n) is 8.70. The molecule has 1 aromatic carbocycles. The standard InChI is InChI=1S/C19H29N3O2/c1-4-10-21(3)14-16-9-11-22(15-16)19(23)20-17-7-6-8-18(13-17)24-12-5-2/h5-8,13,16H,2,4,9-12,14-15H2,1,3H3,(H,20,23)/t16-/m0/s1. The SMILES string of the molecule is C=CCOc1cccc(NC(=O)N2CC[C@@H](CN(C)CCC)C2)c1. The molecule has 1 aromatic rings. The molecule has 0 radical (unpaired) electrons. The Morgan fingerprint density at radius 1 is 1.54 bits per heavy atom. The van der Waals surface area contributed by atoms with Crippen molar-refractivity contribution in [3.63, 3.8) is 0 Å². The molecule has 2 rings (SSSR count). The summed E-state index contributed by atoms with van der Waals surface area (Å²) in [5.74, 6) is 1.29. The van der Waals surface area contributed by atoms with Crippen LogP contribution in [0.1, 0.15) is 19.8 Å². The molecule has 1 aliphatic rings. The third-order valence-corrected chi connectivity index (χ3v) is 4.20. The normalized spacial score (nSPS) is 17.1. The van der Waals surface area contributed by atoms with Crippen LogP contribution in [0.3, 0.4) is 0 Å². The van der Waals surface area contributed by atoms with E-state index < -0.39 is 0 Å². The molecular weight excluding hydrogens is 302 g/mol. The summed E-state index contributed by atoms with van der Waals surface area (Å²) in [7, 11) is 2.15. The van der Waals surface area contributed by atoms with Crippen LogP contribution in [0.2, 0.25) is 0 Å². The van der Waals surface area contributed by atoms with Crippen LogP contribution in [0.4, 0.5) is 10.5 Å². The lowest BCUT2D eigenvalue weighted by molar-refractivity contribution is 0.217. The topological polar surface area (TPSA) is 44.8 Å². The summed E-state index contributed by atoms with van der Waals surface area (Å²) in [6.07, 6.45) is 3.94. The maximum atomic E-state index is 12.4. The molecule has 132 valence electrons. The summed E-state index contributed by atoms with van der Waals surface area (Å²) in [6.45, 7) is 10.1. The van der Waals surface area contributed by atoms with E-state index in [-0.39, 0.29) is 6.03 Å². The van der Waals surface area contributed by atoms with Crippen molar-refractivity contribution in [3.8, 4) is 5.75 Å². The van der Waals surface area contributed by atoms with E-state index in [2.05, 4.69) is 30.8 Å². The Balaban J connectivity index is 1.83. The average Bonchev–Trinajstić information content (AvgIpc) is 3.02. The highest BCUT2D eigenvalue weighted by Crippen LogP contribution is 2.21. The van der Waals surface area contributed by atoms with Crippen LogP contribution in [-0.4, -0.2) is 55.7 Å². The molecule has 0 aromatic heterocycles. The van der Waals surface area contributed by atoms with Crippen LogP contribution in [-0.2, 0) is 0 Å². The molecule has 0 aliphatic carbocycles. The van der Waals surface area contributed by atoms with Crippen LogP contribution in [0.25, 0.3) is 0 Å². The second-order valence-corrected chi connectivity index (χ2v) is 6.42. The third-order valence-electron chi connectivity index (χ3n) is 4.20. The summed E-state index contributed by atoms with van der Waals surface area (Å²) in [5.41, 5.74) is 0.758. The van der Waals surface area contributed by atoms with Gasteiger partial charge < -0.3 is 19.9 Å². The number of benzene rings is 1. The Hall–Kier alpha value is -2.01. The minimum atomic E-state index is -0.0310. The number of anilines is 1. The van der Waals surface area contributed by atoms with Crippen molar-refractivity contribution in [3.05, 3.63) is 36.9 Å².